The summed E-state index contributed by atoms with van der Waals surface area (Å²) in [6.45, 7) is 10.9. The van der Waals surface area contributed by atoms with Crippen LogP contribution in [0.1, 0.15) is 49.3 Å². The van der Waals surface area contributed by atoms with E-state index in [0.717, 1.165) is 28.2 Å². The first kappa shape index (κ1) is 28.1. The number of carbonyl (C=O) groups is 1. The Labute approximate surface area is 247 Å². The van der Waals surface area contributed by atoms with Crippen molar-refractivity contribution in [2.24, 2.45) is 4.99 Å². The molecule has 1 aliphatic heterocycles. The first-order valence-electron chi connectivity index (χ1n) is 13.2. The van der Waals surface area contributed by atoms with Gasteiger partial charge < -0.3 is 9.47 Å². The van der Waals surface area contributed by atoms with E-state index in [2.05, 4.69) is 10.6 Å². The minimum Gasteiger partial charge on any atom is -0.339 e. The van der Waals surface area contributed by atoms with Crippen LogP contribution in [0.4, 0.5) is 0 Å². The fourth-order valence-electron chi connectivity index (χ4n) is 5.30. The molecule has 0 saturated carbocycles. The van der Waals surface area contributed by atoms with Gasteiger partial charge in [-0.2, -0.15) is 0 Å². The van der Waals surface area contributed by atoms with Gasteiger partial charge in [0.05, 0.1) is 21.8 Å². The lowest BCUT2D eigenvalue weighted by Crippen LogP contribution is -2.43. The van der Waals surface area contributed by atoms with Crippen molar-refractivity contribution in [3.8, 4) is 5.69 Å². The normalized spacial score (nSPS) is 15.3. The number of allylic oxidation sites excluding steroid dienone is 1. The van der Waals surface area contributed by atoms with Gasteiger partial charge in [-0.05, 0) is 94.3 Å². The third-order valence-corrected chi connectivity index (χ3v) is 8.82. The van der Waals surface area contributed by atoms with Gasteiger partial charge in [0.25, 0.3) is 11.5 Å². The lowest BCUT2D eigenvalue weighted by molar-refractivity contribution is -0.127. The number of halogens is 2. The van der Waals surface area contributed by atoms with Crippen LogP contribution in [-0.4, -0.2) is 33.0 Å². The van der Waals surface area contributed by atoms with Gasteiger partial charge in [0.2, 0.25) is 0 Å². The SMILES string of the molecule is CCN(CC)C(=O)C1=C(C)N=c2s/c(=C/c3cc(C)n(-c4ccc(Cl)cc4)c3C)c(=O)n2[C@H]1c1ccc(Cl)cc1. The van der Waals surface area contributed by atoms with Crippen LogP contribution >= 0.6 is 34.5 Å². The van der Waals surface area contributed by atoms with Gasteiger partial charge in [0.15, 0.2) is 4.80 Å². The molecule has 5 rings (SSSR count). The molecule has 206 valence electrons. The van der Waals surface area contributed by atoms with E-state index in [-0.39, 0.29) is 11.5 Å². The van der Waals surface area contributed by atoms with Crippen LogP contribution in [0.5, 0.6) is 0 Å². The molecule has 0 bridgehead atoms. The number of carbonyl (C=O) groups excluding carboxylic acids is 1. The average Bonchev–Trinajstić information content (AvgIpc) is 3.39. The average molecular weight is 594 g/mol. The molecular formula is C31H30Cl2N4O2S. The summed E-state index contributed by atoms with van der Waals surface area (Å²) >= 11 is 13.6. The number of rotatable bonds is 6. The molecule has 0 aliphatic carbocycles. The predicted molar refractivity (Wildman–Crippen MR) is 163 cm³/mol. The number of hydrogen-bond donors (Lipinski definition) is 0. The Morgan fingerprint density at radius 3 is 2.20 bits per heavy atom. The van der Waals surface area contributed by atoms with Crippen molar-refractivity contribution >= 4 is 46.5 Å². The zero-order valence-corrected chi connectivity index (χ0v) is 25.4. The van der Waals surface area contributed by atoms with Crippen molar-refractivity contribution in [1.82, 2.24) is 14.0 Å². The molecule has 0 unspecified atom stereocenters. The van der Waals surface area contributed by atoms with Crippen molar-refractivity contribution in [3.05, 3.63) is 118 Å². The minimum atomic E-state index is -0.606. The molecule has 2 aromatic heterocycles. The maximum absolute atomic E-state index is 14.0. The third-order valence-electron chi connectivity index (χ3n) is 7.33. The minimum absolute atomic E-state index is 0.119. The number of amides is 1. The Bertz CT molecular complexity index is 1810. The highest BCUT2D eigenvalue weighted by molar-refractivity contribution is 7.07. The highest BCUT2D eigenvalue weighted by Crippen LogP contribution is 2.32. The van der Waals surface area contributed by atoms with Crippen LogP contribution in [-0.2, 0) is 4.79 Å². The van der Waals surface area contributed by atoms with Gasteiger partial charge in [-0.25, -0.2) is 4.99 Å². The Balaban J connectivity index is 1.69. The molecule has 3 heterocycles. The molecule has 0 fully saturated rings. The van der Waals surface area contributed by atoms with E-state index in [1.54, 1.807) is 21.6 Å². The smallest absolute Gasteiger partial charge is 0.271 e. The maximum Gasteiger partial charge on any atom is 0.271 e. The zero-order valence-electron chi connectivity index (χ0n) is 23.0. The summed E-state index contributed by atoms with van der Waals surface area (Å²) in [5.41, 5.74) is 5.74. The van der Waals surface area contributed by atoms with Gasteiger partial charge in [0, 0.05) is 40.2 Å². The van der Waals surface area contributed by atoms with E-state index >= 15 is 0 Å². The molecule has 1 amide bonds. The Kier molecular flexibility index (Phi) is 7.91. The van der Waals surface area contributed by atoms with Crippen molar-refractivity contribution in [3.63, 3.8) is 0 Å². The Hall–Kier alpha value is -3.39. The fourth-order valence-corrected chi connectivity index (χ4v) is 6.59. The topological polar surface area (TPSA) is 59.6 Å². The van der Waals surface area contributed by atoms with Crippen LogP contribution in [0.15, 0.2) is 75.7 Å². The molecule has 2 aromatic carbocycles. The highest BCUT2D eigenvalue weighted by atomic mass is 35.5. The van der Waals surface area contributed by atoms with E-state index < -0.39 is 6.04 Å². The molecular weight excluding hydrogens is 563 g/mol. The standard InChI is InChI=1S/C31H30Cl2N4O2S/c1-6-35(7-2)30(39)27-19(4)34-31-37(28(27)21-8-10-23(32)11-9-21)29(38)26(40-31)17-22-16-18(3)36(20(22)5)25-14-12-24(33)13-15-25/h8-17,28H,6-7H2,1-5H3/b26-17+/t28-/m0/s1. The number of aromatic nitrogens is 2. The van der Waals surface area contributed by atoms with E-state index in [1.165, 1.54) is 11.3 Å². The maximum atomic E-state index is 14.0. The van der Waals surface area contributed by atoms with Gasteiger partial charge in [-0.1, -0.05) is 46.7 Å². The van der Waals surface area contributed by atoms with E-state index in [4.69, 9.17) is 28.2 Å². The van der Waals surface area contributed by atoms with Gasteiger partial charge in [0.1, 0.15) is 0 Å². The quantitative estimate of drug-likeness (QED) is 0.283. The Morgan fingerprint density at radius 1 is 1.00 bits per heavy atom. The van der Waals surface area contributed by atoms with Crippen LogP contribution in [0.2, 0.25) is 10.0 Å². The second-order valence-corrected chi connectivity index (χ2v) is 11.6. The zero-order chi connectivity index (χ0) is 28.7. The van der Waals surface area contributed by atoms with Crippen LogP contribution in [0.25, 0.3) is 11.8 Å². The van der Waals surface area contributed by atoms with Gasteiger partial charge >= 0.3 is 0 Å². The molecule has 9 heteroatoms. The first-order chi connectivity index (χ1) is 19.1. The van der Waals surface area contributed by atoms with Crippen molar-refractivity contribution in [2.75, 3.05) is 13.1 Å². The van der Waals surface area contributed by atoms with E-state index in [1.807, 2.05) is 77.1 Å². The summed E-state index contributed by atoms with van der Waals surface area (Å²) < 4.78 is 4.35. The summed E-state index contributed by atoms with van der Waals surface area (Å²) in [4.78, 5) is 34.9. The number of nitrogens with zero attached hydrogens (tertiary/aromatic N) is 4. The number of fused-ring (bicyclic) bond motifs is 1. The summed E-state index contributed by atoms with van der Waals surface area (Å²) in [5, 5.41) is 1.27. The molecule has 0 saturated heterocycles. The number of aryl methyl sites for hydroxylation is 1. The van der Waals surface area contributed by atoms with Crippen LogP contribution in [0.3, 0.4) is 0 Å². The van der Waals surface area contributed by atoms with E-state index in [9.17, 15) is 9.59 Å². The second-order valence-electron chi connectivity index (χ2n) is 9.75. The predicted octanol–water partition coefficient (Wildman–Crippen LogP) is 5.82. The molecule has 0 radical (unpaired) electrons. The van der Waals surface area contributed by atoms with Gasteiger partial charge in [-0.3, -0.25) is 14.2 Å². The van der Waals surface area contributed by atoms with Crippen molar-refractivity contribution < 1.29 is 4.79 Å². The van der Waals surface area contributed by atoms with Crippen molar-refractivity contribution in [2.45, 2.75) is 40.7 Å². The summed E-state index contributed by atoms with van der Waals surface area (Å²) in [6.07, 6.45) is 1.92. The number of thiazole rings is 1. The molecule has 1 aliphatic rings. The summed E-state index contributed by atoms with van der Waals surface area (Å²) in [7, 11) is 0. The summed E-state index contributed by atoms with van der Waals surface area (Å²) in [6, 6.07) is 16.5. The lowest BCUT2D eigenvalue weighted by atomic mass is 9.94. The van der Waals surface area contributed by atoms with Crippen molar-refractivity contribution in [1.29, 1.82) is 0 Å². The van der Waals surface area contributed by atoms with Crippen LogP contribution in [0, 0.1) is 13.8 Å². The van der Waals surface area contributed by atoms with Crippen LogP contribution < -0.4 is 14.9 Å². The molecule has 1 atom stereocenters. The van der Waals surface area contributed by atoms with E-state index in [0.29, 0.717) is 43.7 Å². The molecule has 0 spiro atoms. The Morgan fingerprint density at radius 2 is 1.60 bits per heavy atom. The monoisotopic (exact) mass is 592 g/mol. The second kappa shape index (κ2) is 11.2. The number of hydrogen-bond acceptors (Lipinski definition) is 4. The highest BCUT2D eigenvalue weighted by Gasteiger charge is 2.34. The molecule has 0 N–H and O–H groups in total. The first-order valence-corrected chi connectivity index (χ1v) is 14.7. The molecule has 40 heavy (non-hydrogen) atoms. The fraction of sp³-hybridized carbons (Fsp3) is 0.258. The lowest BCUT2D eigenvalue weighted by Gasteiger charge is -2.29. The molecule has 4 aromatic rings. The largest absolute Gasteiger partial charge is 0.339 e. The summed E-state index contributed by atoms with van der Waals surface area (Å²) in [5.74, 6) is -0.119. The molecule has 6 nitrogen and oxygen atoms in total. The third kappa shape index (κ3) is 4.98. The van der Waals surface area contributed by atoms with Gasteiger partial charge in [-0.15, -0.1) is 0 Å². The number of benzene rings is 2. The number of likely N-dealkylation sites (N-methyl/N-ethyl adjacent to an activating group) is 1.